The molecule has 1 aliphatic heterocycles. The number of aromatic nitrogens is 1. The summed E-state index contributed by atoms with van der Waals surface area (Å²) in [6.45, 7) is 3.49. The van der Waals surface area contributed by atoms with Gasteiger partial charge in [-0.1, -0.05) is 0 Å². The zero-order valence-corrected chi connectivity index (χ0v) is 14.2. The molecule has 0 amide bonds. The van der Waals surface area contributed by atoms with E-state index in [4.69, 9.17) is 9.88 Å². The Bertz CT molecular complexity index is 763. The fourth-order valence-corrected chi connectivity index (χ4v) is 3.48. The number of primary sulfonamides is 1. The summed E-state index contributed by atoms with van der Waals surface area (Å²) in [5.74, 6) is 1.20. The van der Waals surface area contributed by atoms with E-state index < -0.39 is 10.0 Å². The van der Waals surface area contributed by atoms with Gasteiger partial charge in [-0.3, -0.25) is 9.88 Å². The van der Waals surface area contributed by atoms with Gasteiger partial charge in [-0.15, -0.1) is 0 Å². The van der Waals surface area contributed by atoms with Crippen molar-refractivity contribution >= 4 is 10.0 Å². The first-order chi connectivity index (χ1) is 11.5. The smallest absolute Gasteiger partial charge is 0.238 e. The number of hydrogen-bond acceptors (Lipinski definition) is 5. The van der Waals surface area contributed by atoms with Crippen LogP contribution in [0.1, 0.15) is 17.9 Å². The lowest BCUT2D eigenvalue weighted by molar-refractivity contribution is 0.236. The maximum absolute atomic E-state index is 11.2. The molecule has 0 saturated carbocycles. The highest BCUT2D eigenvalue weighted by Crippen LogP contribution is 2.26. The predicted molar refractivity (Wildman–Crippen MR) is 91.3 cm³/mol. The van der Waals surface area contributed by atoms with Gasteiger partial charge in [0.05, 0.1) is 4.90 Å². The van der Waals surface area contributed by atoms with Crippen molar-refractivity contribution in [2.75, 3.05) is 26.2 Å². The first-order valence-electron chi connectivity index (χ1n) is 7.90. The molecule has 6 nitrogen and oxygen atoms in total. The van der Waals surface area contributed by atoms with Crippen molar-refractivity contribution in [3.8, 4) is 5.75 Å². The monoisotopic (exact) mass is 347 g/mol. The number of rotatable bonds is 6. The van der Waals surface area contributed by atoms with Crippen LogP contribution in [0.4, 0.5) is 0 Å². The van der Waals surface area contributed by atoms with Crippen LogP contribution in [0.25, 0.3) is 0 Å². The second kappa shape index (κ2) is 7.29. The third-order valence-corrected chi connectivity index (χ3v) is 5.21. The van der Waals surface area contributed by atoms with E-state index in [-0.39, 0.29) is 4.90 Å². The van der Waals surface area contributed by atoms with E-state index in [9.17, 15) is 8.42 Å². The molecular formula is C17H21N3O3S. The summed E-state index contributed by atoms with van der Waals surface area (Å²) in [7, 11) is -3.65. The van der Waals surface area contributed by atoms with Crippen LogP contribution in [0.3, 0.4) is 0 Å². The van der Waals surface area contributed by atoms with Crippen molar-refractivity contribution in [1.82, 2.24) is 9.88 Å². The minimum absolute atomic E-state index is 0.0922. The molecule has 1 atom stereocenters. The van der Waals surface area contributed by atoms with Gasteiger partial charge in [0.15, 0.2) is 0 Å². The number of hydrogen-bond donors (Lipinski definition) is 1. The molecule has 0 bridgehead atoms. The van der Waals surface area contributed by atoms with Crippen molar-refractivity contribution in [3.05, 3.63) is 54.4 Å². The number of sulfonamides is 1. The standard InChI is InChI=1S/C17H21N3O3S/c18-24(21,22)17-3-1-16(2-4-17)23-12-11-20-10-7-15(13-20)14-5-8-19-9-6-14/h1-6,8-9,15H,7,10-13H2,(H2,18,21,22)/t15-/m0/s1. The van der Waals surface area contributed by atoms with Gasteiger partial charge in [-0.05, 0) is 60.8 Å². The average Bonchev–Trinajstić information content (AvgIpc) is 3.04. The molecule has 2 N–H and O–H groups in total. The van der Waals surface area contributed by atoms with Crippen LogP contribution in [-0.2, 0) is 10.0 Å². The topological polar surface area (TPSA) is 85.5 Å². The van der Waals surface area contributed by atoms with Crippen molar-refractivity contribution in [3.63, 3.8) is 0 Å². The summed E-state index contributed by atoms with van der Waals surface area (Å²) in [4.78, 5) is 6.53. The highest BCUT2D eigenvalue weighted by atomic mass is 32.2. The lowest BCUT2D eigenvalue weighted by atomic mass is 10.00. The highest BCUT2D eigenvalue weighted by Gasteiger charge is 2.23. The van der Waals surface area contributed by atoms with Crippen LogP contribution in [0.2, 0.25) is 0 Å². The largest absolute Gasteiger partial charge is 0.492 e. The van der Waals surface area contributed by atoms with Crippen LogP contribution in [0, 0.1) is 0 Å². The van der Waals surface area contributed by atoms with Crippen molar-refractivity contribution in [1.29, 1.82) is 0 Å². The fraction of sp³-hybridized carbons (Fsp3) is 0.353. The van der Waals surface area contributed by atoms with E-state index in [1.165, 1.54) is 17.7 Å². The molecule has 0 radical (unpaired) electrons. The van der Waals surface area contributed by atoms with Gasteiger partial charge in [0.2, 0.25) is 10.0 Å². The molecule has 0 aliphatic carbocycles. The minimum Gasteiger partial charge on any atom is -0.492 e. The normalized spacial score (nSPS) is 18.6. The Labute approximate surface area is 142 Å². The Balaban J connectivity index is 1.46. The molecule has 0 unspecified atom stereocenters. The Kier molecular flexibility index (Phi) is 5.13. The first-order valence-corrected chi connectivity index (χ1v) is 9.45. The molecular weight excluding hydrogens is 326 g/mol. The summed E-state index contributed by atoms with van der Waals surface area (Å²) >= 11 is 0. The molecule has 24 heavy (non-hydrogen) atoms. The maximum Gasteiger partial charge on any atom is 0.238 e. The molecule has 0 spiro atoms. The van der Waals surface area contributed by atoms with Crippen LogP contribution < -0.4 is 9.88 Å². The molecule has 1 aromatic carbocycles. The average molecular weight is 347 g/mol. The summed E-state index contributed by atoms with van der Waals surface area (Å²) in [6.07, 6.45) is 4.83. The Morgan fingerprint density at radius 1 is 1.17 bits per heavy atom. The van der Waals surface area contributed by atoms with Crippen LogP contribution in [0.5, 0.6) is 5.75 Å². The van der Waals surface area contributed by atoms with E-state index in [0.717, 1.165) is 26.1 Å². The van der Waals surface area contributed by atoms with Crippen LogP contribution in [-0.4, -0.2) is 44.5 Å². The zero-order chi connectivity index (χ0) is 17.0. The van der Waals surface area contributed by atoms with Gasteiger partial charge in [0.25, 0.3) is 0 Å². The molecule has 128 valence electrons. The number of nitrogens with two attached hydrogens (primary N) is 1. The highest BCUT2D eigenvalue weighted by molar-refractivity contribution is 7.89. The molecule has 2 heterocycles. The number of benzene rings is 1. The Morgan fingerprint density at radius 3 is 2.54 bits per heavy atom. The Morgan fingerprint density at radius 2 is 1.88 bits per heavy atom. The molecule has 1 aromatic heterocycles. The molecule has 1 aliphatic rings. The fourth-order valence-electron chi connectivity index (χ4n) is 2.96. The molecule has 3 rings (SSSR count). The summed E-state index contributed by atoms with van der Waals surface area (Å²) in [5, 5.41) is 5.07. The lowest BCUT2D eigenvalue weighted by Gasteiger charge is -2.16. The third kappa shape index (κ3) is 4.31. The van der Waals surface area contributed by atoms with Gasteiger partial charge in [-0.2, -0.15) is 0 Å². The van der Waals surface area contributed by atoms with Gasteiger partial charge in [0, 0.05) is 25.5 Å². The number of pyridine rings is 1. The summed E-state index contributed by atoms with van der Waals surface area (Å²) < 4.78 is 28.1. The zero-order valence-electron chi connectivity index (χ0n) is 13.3. The second-order valence-electron chi connectivity index (χ2n) is 5.93. The van der Waals surface area contributed by atoms with E-state index in [2.05, 4.69) is 22.0 Å². The predicted octanol–water partition coefficient (Wildman–Crippen LogP) is 1.60. The minimum atomic E-state index is -3.65. The van der Waals surface area contributed by atoms with E-state index in [1.54, 1.807) is 12.1 Å². The lowest BCUT2D eigenvalue weighted by Crippen LogP contribution is -2.26. The number of nitrogens with zero attached hydrogens (tertiary/aromatic N) is 2. The van der Waals surface area contributed by atoms with Crippen molar-refractivity contribution in [2.24, 2.45) is 5.14 Å². The molecule has 1 saturated heterocycles. The quantitative estimate of drug-likeness (QED) is 0.858. The SMILES string of the molecule is NS(=O)(=O)c1ccc(OCCN2CC[C@H](c3ccncc3)C2)cc1. The van der Waals surface area contributed by atoms with Crippen LogP contribution in [0.15, 0.2) is 53.7 Å². The number of likely N-dealkylation sites (tertiary alicyclic amines) is 1. The third-order valence-electron chi connectivity index (χ3n) is 4.28. The van der Waals surface area contributed by atoms with Gasteiger partial charge >= 0.3 is 0 Å². The van der Waals surface area contributed by atoms with Crippen molar-refractivity contribution in [2.45, 2.75) is 17.2 Å². The number of ether oxygens (including phenoxy) is 1. The van der Waals surface area contributed by atoms with E-state index >= 15 is 0 Å². The van der Waals surface area contributed by atoms with Gasteiger partial charge in [-0.25, -0.2) is 13.6 Å². The maximum atomic E-state index is 11.2. The van der Waals surface area contributed by atoms with E-state index in [1.807, 2.05) is 12.4 Å². The van der Waals surface area contributed by atoms with Gasteiger partial charge in [0.1, 0.15) is 12.4 Å². The van der Waals surface area contributed by atoms with Gasteiger partial charge < -0.3 is 4.74 Å². The summed E-state index contributed by atoms with van der Waals surface area (Å²) in [5.41, 5.74) is 1.34. The molecule has 1 fully saturated rings. The Hall–Kier alpha value is -1.96. The molecule has 2 aromatic rings. The first kappa shape index (κ1) is 16.9. The second-order valence-corrected chi connectivity index (χ2v) is 7.49. The summed E-state index contributed by atoms with van der Waals surface area (Å²) in [6, 6.07) is 10.3. The van der Waals surface area contributed by atoms with E-state index in [0.29, 0.717) is 18.3 Å². The van der Waals surface area contributed by atoms with Crippen LogP contribution >= 0.6 is 0 Å². The van der Waals surface area contributed by atoms with Crippen molar-refractivity contribution < 1.29 is 13.2 Å². The molecule has 7 heteroatoms.